The first kappa shape index (κ1) is 20.3. The number of benzene rings is 3. The molecule has 1 amide bonds. The number of ether oxygens (including phenoxy) is 1. The number of hydrogen-bond donors (Lipinski definition) is 1. The van der Waals surface area contributed by atoms with Gasteiger partial charge in [0.2, 0.25) is 5.91 Å². The minimum Gasteiger partial charge on any atom is -0.495 e. The van der Waals surface area contributed by atoms with Gasteiger partial charge in [0.1, 0.15) is 23.7 Å². The molecule has 3 aromatic carbocycles. The van der Waals surface area contributed by atoms with Gasteiger partial charge in [0, 0.05) is 19.2 Å². The van der Waals surface area contributed by atoms with Crippen molar-refractivity contribution in [3.63, 3.8) is 0 Å². The van der Waals surface area contributed by atoms with Gasteiger partial charge in [-0.15, -0.1) is 0 Å². The second-order valence-corrected chi connectivity index (χ2v) is 6.74. The fourth-order valence-corrected chi connectivity index (χ4v) is 3.50. The molecule has 0 heterocycles. The largest absolute Gasteiger partial charge is 0.495 e. The van der Waals surface area contributed by atoms with E-state index in [2.05, 4.69) is 11.4 Å². The van der Waals surface area contributed by atoms with Crippen LogP contribution in [0.3, 0.4) is 0 Å². The van der Waals surface area contributed by atoms with Gasteiger partial charge in [-0.1, -0.05) is 36.4 Å². The average Bonchev–Trinajstić information content (AvgIpc) is 2.74. The lowest BCUT2D eigenvalue weighted by Crippen LogP contribution is -2.37. The smallest absolute Gasteiger partial charge is 0.244 e. The standard InChI is InChI=1S/C23H22FN3O2/c1-26-21(15-8-10-18(24)11-9-15)23(28)27(2)14-20-19-7-5-4-6-16(19)12-17(13-25)22(20)29-3/h4-12,21,26H,14H2,1-3H3. The van der Waals surface area contributed by atoms with Gasteiger partial charge in [-0.2, -0.15) is 5.26 Å². The summed E-state index contributed by atoms with van der Waals surface area (Å²) >= 11 is 0. The van der Waals surface area contributed by atoms with E-state index in [9.17, 15) is 14.4 Å². The van der Waals surface area contributed by atoms with E-state index in [1.807, 2.05) is 24.3 Å². The van der Waals surface area contributed by atoms with Crippen molar-refractivity contribution >= 4 is 16.7 Å². The number of rotatable bonds is 6. The summed E-state index contributed by atoms with van der Waals surface area (Å²) in [5.41, 5.74) is 1.87. The maximum atomic E-state index is 13.2. The summed E-state index contributed by atoms with van der Waals surface area (Å²) in [4.78, 5) is 14.7. The van der Waals surface area contributed by atoms with Crippen molar-refractivity contribution in [1.29, 1.82) is 5.26 Å². The number of likely N-dealkylation sites (N-methyl/N-ethyl adjacent to an activating group) is 2. The van der Waals surface area contributed by atoms with Crippen molar-refractivity contribution in [2.75, 3.05) is 21.2 Å². The molecule has 0 bridgehead atoms. The molecule has 1 unspecified atom stereocenters. The molecule has 0 radical (unpaired) electrons. The number of amides is 1. The number of nitriles is 1. The van der Waals surface area contributed by atoms with Crippen molar-refractivity contribution in [1.82, 2.24) is 10.2 Å². The average molecular weight is 391 g/mol. The highest BCUT2D eigenvalue weighted by Gasteiger charge is 2.24. The Morgan fingerprint density at radius 1 is 1.24 bits per heavy atom. The zero-order chi connectivity index (χ0) is 21.0. The summed E-state index contributed by atoms with van der Waals surface area (Å²) in [6.45, 7) is 0.261. The van der Waals surface area contributed by atoms with Crippen LogP contribution in [-0.4, -0.2) is 32.0 Å². The molecular formula is C23H22FN3O2. The Labute approximate surface area is 169 Å². The van der Waals surface area contributed by atoms with E-state index < -0.39 is 6.04 Å². The van der Waals surface area contributed by atoms with Gasteiger partial charge in [-0.05, 0) is 41.6 Å². The number of carbonyl (C=O) groups is 1. The van der Waals surface area contributed by atoms with Crippen LogP contribution in [0.5, 0.6) is 5.75 Å². The Kier molecular flexibility index (Phi) is 6.10. The fraction of sp³-hybridized carbons (Fsp3) is 0.217. The third kappa shape index (κ3) is 4.05. The molecule has 6 heteroatoms. The number of methoxy groups -OCH3 is 1. The molecule has 29 heavy (non-hydrogen) atoms. The molecule has 0 aliphatic rings. The number of nitrogens with one attached hydrogen (secondary N) is 1. The third-order valence-corrected chi connectivity index (χ3v) is 4.94. The van der Waals surface area contributed by atoms with Crippen LogP contribution in [0, 0.1) is 17.1 Å². The Morgan fingerprint density at radius 3 is 2.55 bits per heavy atom. The number of fused-ring (bicyclic) bond motifs is 1. The fourth-order valence-electron chi connectivity index (χ4n) is 3.50. The number of carbonyl (C=O) groups excluding carboxylic acids is 1. The molecule has 0 saturated carbocycles. The molecule has 1 atom stereocenters. The van der Waals surface area contributed by atoms with Crippen LogP contribution >= 0.6 is 0 Å². The first-order valence-corrected chi connectivity index (χ1v) is 9.16. The van der Waals surface area contributed by atoms with Gasteiger partial charge in [0.15, 0.2) is 0 Å². The van der Waals surface area contributed by atoms with Crippen molar-refractivity contribution in [2.45, 2.75) is 12.6 Å². The molecule has 3 rings (SSSR count). The highest BCUT2D eigenvalue weighted by molar-refractivity contribution is 5.90. The molecule has 148 valence electrons. The van der Waals surface area contributed by atoms with E-state index in [0.717, 1.165) is 16.3 Å². The summed E-state index contributed by atoms with van der Waals surface area (Å²) in [6, 6.07) is 16.9. The van der Waals surface area contributed by atoms with E-state index in [0.29, 0.717) is 16.9 Å². The first-order valence-electron chi connectivity index (χ1n) is 9.16. The molecule has 3 aromatic rings. The van der Waals surface area contributed by atoms with Gasteiger partial charge in [0.25, 0.3) is 0 Å². The zero-order valence-corrected chi connectivity index (χ0v) is 16.6. The predicted molar refractivity (Wildman–Crippen MR) is 110 cm³/mol. The van der Waals surface area contributed by atoms with Crippen LogP contribution in [0.15, 0.2) is 54.6 Å². The highest BCUT2D eigenvalue weighted by atomic mass is 19.1. The van der Waals surface area contributed by atoms with E-state index in [1.54, 1.807) is 37.2 Å². The summed E-state index contributed by atoms with van der Waals surface area (Å²) < 4.78 is 18.8. The quantitative estimate of drug-likeness (QED) is 0.695. The minimum absolute atomic E-state index is 0.174. The van der Waals surface area contributed by atoms with Crippen molar-refractivity contribution < 1.29 is 13.9 Å². The van der Waals surface area contributed by atoms with Crippen LogP contribution in [0.4, 0.5) is 4.39 Å². The molecule has 0 aliphatic heterocycles. The molecule has 1 N–H and O–H groups in total. The molecule has 5 nitrogen and oxygen atoms in total. The molecule has 0 fully saturated rings. The Hall–Kier alpha value is -3.43. The molecular weight excluding hydrogens is 369 g/mol. The first-order chi connectivity index (χ1) is 14.0. The number of halogens is 1. The van der Waals surface area contributed by atoms with Crippen LogP contribution in [0.1, 0.15) is 22.7 Å². The summed E-state index contributed by atoms with van der Waals surface area (Å²) in [7, 11) is 4.90. The third-order valence-electron chi connectivity index (χ3n) is 4.94. The maximum Gasteiger partial charge on any atom is 0.244 e. The second kappa shape index (κ2) is 8.72. The Bertz CT molecular complexity index is 1070. The zero-order valence-electron chi connectivity index (χ0n) is 16.6. The molecule has 0 spiro atoms. The minimum atomic E-state index is -0.614. The number of nitrogens with zero attached hydrogens (tertiary/aromatic N) is 2. The summed E-state index contributed by atoms with van der Waals surface area (Å²) in [5.74, 6) is -0.0600. The lowest BCUT2D eigenvalue weighted by molar-refractivity contribution is -0.132. The topological polar surface area (TPSA) is 65.4 Å². The van der Waals surface area contributed by atoms with Crippen molar-refractivity contribution in [3.05, 3.63) is 77.1 Å². The van der Waals surface area contributed by atoms with Gasteiger partial charge >= 0.3 is 0 Å². The molecule has 0 aromatic heterocycles. The van der Waals surface area contributed by atoms with Crippen LogP contribution in [0.25, 0.3) is 10.8 Å². The second-order valence-electron chi connectivity index (χ2n) is 6.74. The van der Waals surface area contributed by atoms with Gasteiger partial charge in [-0.25, -0.2) is 4.39 Å². The number of hydrogen-bond acceptors (Lipinski definition) is 4. The summed E-state index contributed by atoms with van der Waals surface area (Å²) in [5, 5.41) is 14.3. The lowest BCUT2D eigenvalue weighted by atomic mass is 9.98. The van der Waals surface area contributed by atoms with E-state index >= 15 is 0 Å². The predicted octanol–water partition coefficient (Wildman–Crippen LogP) is 3.78. The monoisotopic (exact) mass is 391 g/mol. The normalized spacial score (nSPS) is 11.7. The molecule has 0 aliphatic carbocycles. The van der Waals surface area contributed by atoms with E-state index in [4.69, 9.17) is 4.74 Å². The van der Waals surface area contributed by atoms with E-state index in [1.165, 1.54) is 19.2 Å². The van der Waals surface area contributed by atoms with Crippen LogP contribution < -0.4 is 10.1 Å². The van der Waals surface area contributed by atoms with Crippen molar-refractivity contribution in [2.24, 2.45) is 0 Å². The van der Waals surface area contributed by atoms with Gasteiger partial charge < -0.3 is 15.0 Å². The lowest BCUT2D eigenvalue weighted by Gasteiger charge is -2.25. The van der Waals surface area contributed by atoms with Crippen molar-refractivity contribution in [3.8, 4) is 11.8 Å². The van der Waals surface area contributed by atoms with Crippen LogP contribution in [0.2, 0.25) is 0 Å². The summed E-state index contributed by atoms with van der Waals surface area (Å²) in [6.07, 6.45) is 0. The van der Waals surface area contributed by atoms with E-state index in [-0.39, 0.29) is 18.3 Å². The van der Waals surface area contributed by atoms with Gasteiger partial charge in [0.05, 0.1) is 12.7 Å². The SMILES string of the molecule is CNC(C(=O)N(C)Cc1c(OC)c(C#N)cc2ccccc12)c1ccc(F)cc1. The highest BCUT2D eigenvalue weighted by Crippen LogP contribution is 2.33. The Balaban J connectivity index is 1.98. The van der Waals surface area contributed by atoms with Crippen LogP contribution in [-0.2, 0) is 11.3 Å². The maximum absolute atomic E-state index is 13.2. The molecule has 0 saturated heterocycles. The Morgan fingerprint density at radius 2 is 1.93 bits per heavy atom. The van der Waals surface area contributed by atoms with Gasteiger partial charge in [-0.3, -0.25) is 4.79 Å².